The lowest BCUT2D eigenvalue weighted by Crippen LogP contribution is -2.30. The number of para-hydroxylation sites is 2. The molecule has 28 heavy (non-hydrogen) atoms. The average Bonchev–Trinajstić information content (AvgIpc) is 3.18. The van der Waals surface area contributed by atoms with Crippen LogP contribution in [-0.2, 0) is 6.42 Å². The molecule has 0 aliphatic heterocycles. The van der Waals surface area contributed by atoms with Crippen LogP contribution in [0.3, 0.4) is 0 Å². The van der Waals surface area contributed by atoms with Gasteiger partial charge in [0.05, 0.1) is 24.2 Å². The SMILES string of the molecule is COc1cccc(C(=O)N[C@@H](Cc2ccccc2)c2nc3ccccc3[nH]2)c1. The summed E-state index contributed by atoms with van der Waals surface area (Å²) in [5, 5.41) is 3.12. The van der Waals surface area contributed by atoms with E-state index in [4.69, 9.17) is 9.72 Å². The Kier molecular flexibility index (Phi) is 5.06. The van der Waals surface area contributed by atoms with E-state index in [9.17, 15) is 4.79 Å². The molecule has 3 aromatic carbocycles. The predicted octanol–water partition coefficient (Wildman–Crippen LogP) is 4.29. The number of H-pyrrole nitrogens is 1. The van der Waals surface area contributed by atoms with Crippen molar-refractivity contribution >= 4 is 16.9 Å². The summed E-state index contributed by atoms with van der Waals surface area (Å²) in [6, 6.07) is 24.8. The second-order valence-electron chi connectivity index (χ2n) is 6.59. The summed E-state index contributed by atoms with van der Waals surface area (Å²) in [6.07, 6.45) is 0.635. The average molecular weight is 371 g/mol. The first kappa shape index (κ1) is 17.8. The molecule has 4 rings (SSSR count). The van der Waals surface area contributed by atoms with Gasteiger partial charge >= 0.3 is 0 Å². The monoisotopic (exact) mass is 371 g/mol. The molecule has 0 radical (unpaired) electrons. The van der Waals surface area contributed by atoms with Crippen LogP contribution < -0.4 is 10.1 Å². The number of hydrogen-bond donors (Lipinski definition) is 2. The quantitative estimate of drug-likeness (QED) is 0.531. The number of hydrogen-bond acceptors (Lipinski definition) is 3. The van der Waals surface area contributed by atoms with E-state index in [0.29, 0.717) is 17.7 Å². The number of carbonyl (C=O) groups is 1. The maximum absolute atomic E-state index is 12.9. The first-order valence-corrected chi connectivity index (χ1v) is 9.16. The number of aromatic nitrogens is 2. The molecule has 0 saturated carbocycles. The minimum absolute atomic E-state index is 0.166. The number of rotatable bonds is 6. The zero-order valence-electron chi connectivity index (χ0n) is 15.6. The molecule has 0 fully saturated rings. The van der Waals surface area contributed by atoms with Crippen molar-refractivity contribution in [2.24, 2.45) is 0 Å². The van der Waals surface area contributed by atoms with Gasteiger partial charge in [0.15, 0.2) is 0 Å². The van der Waals surface area contributed by atoms with E-state index >= 15 is 0 Å². The minimum Gasteiger partial charge on any atom is -0.497 e. The van der Waals surface area contributed by atoms with Crippen LogP contribution in [0.25, 0.3) is 11.0 Å². The van der Waals surface area contributed by atoms with Crippen molar-refractivity contribution in [1.82, 2.24) is 15.3 Å². The fraction of sp³-hybridized carbons (Fsp3) is 0.130. The topological polar surface area (TPSA) is 67.0 Å². The standard InChI is InChI=1S/C23H21N3O2/c1-28-18-11-7-10-17(15-18)23(27)26-21(14-16-8-3-2-4-9-16)22-24-19-12-5-6-13-20(19)25-22/h2-13,15,21H,14H2,1H3,(H,24,25)(H,26,27)/t21-/m0/s1. The summed E-state index contributed by atoms with van der Waals surface area (Å²) in [7, 11) is 1.59. The van der Waals surface area contributed by atoms with Crippen LogP contribution in [0.2, 0.25) is 0 Å². The van der Waals surface area contributed by atoms with Gasteiger partial charge in [-0.3, -0.25) is 4.79 Å². The van der Waals surface area contributed by atoms with Crippen LogP contribution in [0, 0.1) is 0 Å². The Balaban J connectivity index is 1.65. The van der Waals surface area contributed by atoms with Crippen molar-refractivity contribution in [2.75, 3.05) is 7.11 Å². The number of aromatic amines is 1. The molecule has 1 heterocycles. The molecule has 0 spiro atoms. The van der Waals surface area contributed by atoms with Gasteiger partial charge in [-0.1, -0.05) is 48.5 Å². The van der Waals surface area contributed by atoms with Crippen LogP contribution in [-0.4, -0.2) is 23.0 Å². The number of carbonyl (C=O) groups excluding carboxylic acids is 1. The Morgan fingerprint density at radius 1 is 1.04 bits per heavy atom. The van der Waals surface area contributed by atoms with Gasteiger partial charge in [0, 0.05) is 5.56 Å². The summed E-state index contributed by atoms with van der Waals surface area (Å²) >= 11 is 0. The van der Waals surface area contributed by atoms with Gasteiger partial charge < -0.3 is 15.0 Å². The molecular weight excluding hydrogens is 350 g/mol. The third-order valence-corrected chi connectivity index (χ3v) is 4.66. The lowest BCUT2D eigenvalue weighted by molar-refractivity contribution is 0.0934. The van der Waals surface area contributed by atoms with E-state index in [1.54, 1.807) is 25.3 Å². The van der Waals surface area contributed by atoms with E-state index in [1.807, 2.05) is 60.7 Å². The number of ether oxygens (including phenoxy) is 1. The Morgan fingerprint density at radius 2 is 1.82 bits per heavy atom. The van der Waals surface area contributed by atoms with E-state index in [1.165, 1.54) is 0 Å². The number of methoxy groups -OCH3 is 1. The Morgan fingerprint density at radius 3 is 2.61 bits per heavy atom. The maximum Gasteiger partial charge on any atom is 0.252 e. The largest absolute Gasteiger partial charge is 0.497 e. The highest BCUT2D eigenvalue weighted by Crippen LogP contribution is 2.21. The number of benzene rings is 3. The van der Waals surface area contributed by atoms with E-state index in [-0.39, 0.29) is 11.9 Å². The van der Waals surface area contributed by atoms with Gasteiger partial charge in [0.1, 0.15) is 11.6 Å². The molecule has 0 aliphatic rings. The maximum atomic E-state index is 12.9. The first-order chi connectivity index (χ1) is 13.7. The second kappa shape index (κ2) is 7.96. The molecule has 0 aliphatic carbocycles. The van der Waals surface area contributed by atoms with Crippen molar-refractivity contribution in [3.63, 3.8) is 0 Å². The predicted molar refractivity (Wildman–Crippen MR) is 109 cm³/mol. The third kappa shape index (κ3) is 3.88. The molecular formula is C23H21N3O2. The van der Waals surface area contributed by atoms with Gasteiger partial charge in [-0.05, 0) is 42.3 Å². The lowest BCUT2D eigenvalue weighted by atomic mass is 10.0. The van der Waals surface area contributed by atoms with Crippen LogP contribution in [0.15, 0.2) is 78.9 Å². The number of imidazole rings is 1. The van der Waals surface area contributed by atoms with Crippen LogP contribution in [0.4, 0.5) is 0 Å². The summed E-state index contributed by atoms with van der Waals surface area (Å²) < 4.78 is 5.23. The fourth-order valence-electron chi connectivity index (χ4n) is 3.21. The molecule has 140 valence electrons. The van der Waals surface area contributed by atoms with Gasteiger partial charge in [-0.15, -0.1) is 0 Å². The summed E-state index contributed by atoms with van der Waals surface area (Å²) in [5.41, 5.74) is 3.50. The Hall–Kier alpha value is -3.60. The molecule has 2 N–H and O–H groups in total. The van der Waals surface area contributed by atoms with E-state index in [0.717, 1.165) is 22.4 Å². The minimum atomic E-state index is -0.284. The van der Waals surface area contributed by atoms with E-state index < -0.39 is 0 Å². The van der Waals surface area contributed by atoms with Crippen molar-refractivity contribution in [2.45, 2.75) is 12.5 Å². The first-order valence-electron chi connectivity index (χ1n) is 9.16. The molecule has 1 atom stereocenters. The molecule has 1 aromatic heterocycles. The Labute approximate surface area is 163 Å². The van der Waals surface area contributed by atoms with Crippen molar-refractivity contribution < 1.29 is 9.53 Å². The second-order valence-corrected chi connectivity index (χ2v) is 6.59. The lowest BCUT2D eigenvalue weighted by Gasteiger charge is -2.17. The fourth-order valence-corrected chi connectivity index (χ4v) is 3.21. The van der Waals surface area contributed by atoms with Crippen LogP contribution in [0.5, 0.6) is 5.75 Å². The van der Waals surface area contributed by atoms with Crippen LogP contribution >= 0.6 is 0 Å². The van der Waals surface area contributed by atoms with E-state index in [2.05, 4.69) is 10.3 Å². The molecule has 5 nitrogen and oxygen atoms in total. The molecule has 4 aromatic rings. The highest BCUT2D eigenvalue weighted by Gasteiger charge is 2.20. The number of fused-ring (bicyclic) bond motifs is 1. The van der Waals surface area contributed by atoms with Gasteiger partial charge in [-0.25, -0.2) is 4.98 Å². The summed E-state index contributed by atoms with van der Waals surface area (Å²) in [4.78, 5) is 20.9. The van der Waals surface area contributed by atoms with Crippen molar-refractivity contribution in [3.8, 4) is 5.75 Å². The number of amides is 1. The van der Waals surface area contributed by atoms with Crippen molar-refractivity contribution in [3.05, 3.63) is 95.8 Å². The smallest absolute Gasteiger partial charge is 0.252 e. The molecule has 0 unspecified atom stereocenters. The number of nitrogens with one attached hydrogen (secondary N) is 2. The molecule has 5 heteroatoms. The van der Waals surface area contributed by atoms with Gasteiger partial charge in [0.25, 0.3) is 5.91 Å². The molecule has 0 saturated heterocycles. The highest BCUT2D eigenvalue weighted by atomic mass is 16.5. The van der Waals surface area contributed by atoms with Gasteiger partial charge in [0.2, 0.25) is 0 Å². The van der Waals surface area contributed by atoms with Crippen LogP contribution in [0.1, 0.15) is 27.8 Å². The third-order valence-electron chi connectivity index (χ3n) is 4.66. The summed E-state index contributed by atoms with van der Waals surface area (Å²) in [5.74, 6) is 1.22. The highest BCUT2D eigenvalue weighted by molar-refractivity contribution is 5.94. The zero-order chi connectivity index (χ0) is 19.3. The molecule has 0 bridgehead atoms. The molecule has 1 amide bonds. The zero-order valence-corrected chi connectivity index (χ0v) is 15.6. The summed E-state index contributed by atoms with van der Waals surface area (Å²) in [6.45, 7) is 0. The van der Waals surface area contributed by atoms with Crippen molar-refractivity contribution in [1.29, 1.82) is 0 Å². The van der Waals surface area contributed by atoms with Gasteiger partial charge in [-0.2, -0.15) is 0 Å². The Bertz CT molecular complexity index is 1060. The number of nitrogens with zero attached hydrogens (tertiary/aromatic N) is 1. The normalized spacial score (nSPS) is 11.9.